The maximum atomic E-state index is 10.7. The summed E-state index contributed by atoms with van der Waals surface area (Å²) in [5.74, 6) is 2.61. The van der Waals surface area contributed by atoms with Crippen LogP contribution in [0.15, 0.2) is 4.52 Å². The Bertz CT molecular complexity index is 455. The van der Waals surface area contributed by atoms with Gasteiger partial charge in [0.05, 0.1) is 12.1 Å². The first-order valence-electron chi connectivity index (χ1n) is 7.26. The Morgan fingerprint density at radius 1 is 1.47 bits per heavy atom. The molecule has 2 atom stereocenters. The summed E-state index contributed by atoms with van der Waals surface area (Å²) in [4.78, 5) is 6.67. The molecular formula is C14H23N3O2. The van der Waals surface area contributed by atoms with Crippen molar-refractivity contribution in [1.29, 1.82) is 0 Å². The zero-order valence-corrected chi connectivity index (χ0v) is 12.0. The molecule has 5 nitrogen and oxygen atoms in total. The van der Waals surface area contributed by atoms with Crippen LogP contribution in [0.1, 0.15) is 51.2 Å². The number of nitrogens with zero attached hydrogens (tertiary/aromatic N) is 3. The summed E-state index contributed by atoms with van der Waals surface area (Å²) in [6.07, 6.45) is 2.37. The molecule has 1 N–H and O–H groups in total. The van der Waals surface area contributed by atoms with Crippen molar-refractivity contribution >= 4 is 0 Å². The largest absolute Gasteiger partial charge is 0.388 e. The van der Waals surface area contributed by atoms with E-state index >= 15 is 0 Å². The summed E-state index contributed by atoms with van der Waals surface area (Å²) in [6, 6.07) is 0. The van der Waals surface area contributed by atoms with Gasteiger partial charge in [0.1, 0.15) is 0 Å². The molecule has 2 heterocycles. The molecule has 1 aliphatic carbocycles. The van der Waals surface area contributed by atoms with Crippen LogP contribution < -0.4 is 0 Å². The Morgan fingerprint density at radius 2 is 2.21 bits per heavy atom. The molecule has 3 rings (SSSR count). The second-order valence-corrected chi connectivity index (χ2v) is 6.54. The molecular weight excluding hydrogens is 242 g/mol. The highest BCUT2D eigenvalue weighted by Gasteiger charge is 2.45. The highest BCUT2D eigenvalue weighted by molar-refractivity contribution is 5.04. The molecule has 19 heavy (non-hydrogen) atoms. The second kappa shape index (κ2) is 4.56. The molecule has 106 valence electrons. The molecule has 5 heteroatoms. The zero-order valence-electron chi connectivity index (χ0n) is 12.0. The molecule has 0 spiro atoms. The van der Waals surface area contributed by atoms with Gasteiger partial charge in [-0.25, -0.2) is 0 Å². The van der Waals surface area contributed by atoms with Crippen molar-refractivity contribution < 1.29 is 9.63 Å². The van der Waals surface area contributed by atoms with Crippen LogP contribution in [0.2, 0.25) is 0 Å². The van der Waals surface area contributed by atoms with Crippen LogP contribution in [-0.4, -0.2) is 38.8 Å². The van der Waals surface area contributed by atoms with Gasteiger partial charge in [-0.15, -0.1) is 0 Å². The van der Waals surface area contributed by atoms with Crippen LogP contribution in [-0.2, 0) is 6.54 Å². The fraction of sp³-hybridized carbons (Fsp3) is 0.857. The first kappa shape index (κ1) is 13.1. The average molecular weight is 265 g/mol. The van der Waals surface area contributed by atoms with E-state index in [4.69, 9.17) is 4.52 Å². The second-order valence-electron chi connectivity index (χ2n) is 6.54. The standard InChI is InChI=1S/C14H23N3O2/c1-9(2)14(18)8-17(6-10(14)3)7-12-15-13(16-19-12)11-4-5-11/h9-11,18H,4-8H2,1-3H3/t10-,14-/m1/s1. The van der Waals surface area contributed by atoms with E-state index in [-0.39, 0.29) is 11.8 Å². The fourth-order valence-electron chi connectivity index (χ4n) is 3.03. The Labute approximate surface area is 114 Å². The minimum absolute atomic E-state index is 0.261. The van der Waals surface area contributed by atoms with Gasteiger partial charge in [0, 0.05) is 19.0 Å². The SMILES string of the molecule is CC(C)[C@]1(O)CN(Cc2nc(C3CC3)no2)C[C@H]1C. The van der Waals surface area contributed by atoms with Crippen molar-refractivity contribution in [3.8, 4) is 0 Å². The third-order valence-corrected chi connectivity index (χ3v) is 4.65. The van der Waals surface area contributed by atoms with Gasteiger partial charge >= 0.3 is 0 Å². The van der Waals surface area contributed by atoms with Crippen LogP contribution in [0.3, 0.4) is 0 Å². The third kappa shape index (κ3) is 2.41. The lowest BCUT2D eigenvalue weighted by Gasteiger charge is -2.31. The van der Waals surface area contributed by atoms with Gasteiger partial charge < -0.3 is 9.63 Å². The maximum absolute atomic E-state index is 10.7. The number of β-amino-alcohol motifs (C(OH)–C–C–N with tert-alkyl or cyclic N) is 1. The maximum Gasteiger partial charge on any atom is 0.240 e. The van der Waals surface area contributed by atoms with Crippen molar-refractivity contribution in [2.45, 2.75) is 51.7 Å². The van der Waals surface area contributed by atoms with E-state index in [0.717, 1.165) is 12.4 Å². The van der Waals surface area contributed by atoms with Gasteiger partial charge in [-0.1, -0.05) is 25.9 Å². The van der Waals surface area contributed by atoms with E-state index in [1.807, 2.05) is 0 Å². The Morgan fingerprint density at radius 3 is 2.79 bits per heavy atom. The van der Waals surface area contributed by atoms with Crippen molar-refractivity contribution in [1.82, 2.24) is 15.0 Å². The van der Waals surface area contributed by atoms with E-state index in [2.05, 4.69) is 35.8 Å². The smallest absolute Gasteiger partial charge is 0.240 e. The molecule has 1 aromatic heterocycles. The minimum atomic E-state index is -0.598. The van der Waals surface area contributed by atoms with E-state index in [1.165, 1.54) is 12.8 Å². The van der Waals surface area contributed by atoms with E-state index in [1.54, 1.807) is 0 Å². The van der Waals surface area contributed by atoms with E-state index < -0.39 is 5.60 Å². The summed E-state index contributed by atoms with van der Waals surface area (Å²) >= 11 is 0. The third-order valence-electron chi connectivity index (χ3n) is 4.65. The minimum Gasteiger partial charge on any atom is -0.388 e. The monoisotopic (exact) mass is 265 g/mol. The molecule has 1 aromatic rings. The highest BCUT2D eigenvalue weighted by atomic mass is 16.5. The quantitative estimate of drug-likeness (QED) is 0.899. The van der Waals surface area contributed by atoms with E-state index in [0.29, 0.717) is 24.9 Å². The molecule has 2 aliphatic rings. The summed E-state index contributed by atoms with van der Waals surface area (Å²) < 4.78 is 5.31. The van der Waals surface area contributed by atoms with Crippen molar-refractivity contribution in [3.63, 3.8) is 0 Å². The predicted octanol–water partition coefficient (Wildman–Crippen LogP) is 1.79. The van der Waals surface area contributed by atoms with Crippen LogP contribution in [0, 0.1) is 11.8 Å². The molecule has 1 saturated heterocycles. The normalized spacial score (nSPS) is 32.4. The average Bonchev–Trinajstić information content (AvgIpc) is 3.02. The first-order chi connectivity index (χ1) is 8.99. The molecule has 1 saturated carbocycles. The lowest BCUT2D eigenvalue weighted by atomic mass is 9.82. The van der Waals surface area contributed by atoms with Gasteiger partial charge in [0.2, 0.25) is 5.89 Å². The highest BCUT2D eigenvalue weighted by Crippen LogP contribution is 2.38. The lowest BCUT2D eigenvalue weighted by molar-refractivity contribution is -0.0258. The molecule has 1 aliphatic heterocycles. The fourth-order valence-corrected chi connectivity index (χ4v) is 3.03. The molecule has 0 amide bonds. The van der Waals surface area contributed by atoms with Gasteiger partial charge in [-0.05, 0) is 24.7 Å². The van der Waals surface area contributed by atoms with Crippen molar-refractivity contribution in [2.24, 2.45) is 11.8 Å². The van der Waals surface area contributed by atoms with Gasteiger partial charge in [0.15, 0.2) is 5.82 Å². The van der Waals surface area contributed by atoms with Gasteiger partial charge in [-0.2, -0.15) is 4.98 Å². The van der Waals surface area contributed by atoms with Gasteiger partial charge in [-0.3, -0.25) is 4.90 Å². The number of likely N-dealkylation sites (tertiary alicyclic amines) is 1. The number of rotatable bonds is 4. The number of aromatic nitrogens is 2. The Hall–Kier alpha value is -0.940. The Kier molecular flexibility index (Phi) is 3.14. The molecule has 0 radical (unpaired) electrons. The zero-order chi connectivity index (χ0) is 13.6. The number of aliphatic hydroxyl groups is 1. The summed E-state index contributed by atoms with van der Waals surface area (Å²) in [7, 11) is 0. The van der Waals surface area contributed by atoms with Crippen LogP contribution >= 0.6 is 0 Å². The van der Waals surface area contributed by atoms with Crippen molar-refractivity contribution in [2.75, 3.05) is 13.1 Å². The summed E-state index contributed by atoms with van der Waals surface area (Å²) in [5, 5.41) is 14.7. The lowest BCUT2D eigenvalue weighted by Crippen LogP contribution is -2.42. The van der Waals surface area contributed by atoms with Gasteiger partial charge in [0.25, 0.3) is 0 Å². The van der Waals surface area contributed by atoms with Crippen LogP contribution in [0.25, 0.3) is 0 Å². The predicted molar refractivity (Wildman–Crippen MR) is 70.5 cm³/mol. The topological polar surface area (TPSA) is 62.4 Å². The van der Waals surface area contributed by atoms with E-state index in [9.17, 15) is 5.11 Å². The molecule has 2 fully saturated rings. The summed E-state index contributed by atoms with van der Waals surface area (Å²) in [5.41, 5.74) is -0.598. The molecule has 0 aromatic carbocycles. The molecule has 0 bridgehead atoms. The van der Waals surface area contributed by atoms with Crippen molar-refractivity contribution in [3.05, 3.63) is 11.7 Å². The number of hydrogen-bond acceptors (Lipinski definition) is 5. The first-order valence-corrected chi connectivity index (χ1v) is 7.26. The van der Waals surface area contributed by atoms with Crippen LogP contribution in [0.4, 0.5) is 0 Å². The number of hydrogen-bond donors (Lipinski definition) is 1. The summed E-state index contributed by atoms with van der Waals surface area (Å²) in [6.45, 7) is 8.50. The van der Waals surface area contributed by atoms with Crippen LogP contribution in [0.5, 0.6) is 0 Å². The Balaban J connectivity index is 1.64. The molecule has 0 unspecified atom stereocenters.